The predicted molar refractivity (Wildman–Crippen MR) is 70.1 cm³/mol. The van der Waals surface area contributed by atoms with Gasteiger partial charge in [-0.15, -0.1) is 0 Å². The minimum atomic E-state index is 0.278. The summed E-state index contributed by atoms with van der Waals surface area (Å²) in [5, 5.41) is 3.33. The Hall–Kier alpha value is -0.900. The Labute approximate surface area is 104 Å². The summed E-state index contributed by atoms with van der Waals surface area (Å²) in [6.45, 7) is 5.43. The second-order valence-electron chi connectivity index (χ2n) is 4.14. The summed E-state index contributed by atoms with van der Waals surface area (Å²) in [5.41, 5.74) is 1.23. The summed E-state index contributed by atoms with van der Waals surface area (Å²) in [4.78, 5) is 0. The highest BCUT2D eigenvalue weighted by molar-refractivity contribution is 5.13. The zero-order valence-electron chi connectivity index (χ0n) is 10.8. The molecule has 0 radical (unpaired) electrons. The summed E-state index contributed by atoms with van der Waals surface area (Å²) < 4.78 is 10.7. The fourth-order valence-electron chi connectivity index (χ4n) is 1.45. The van der Waals surface area contributed by atoms with E-state index in [2.05, 4.69) is 24.4 Å². The van der Waals surface area contributed by atoms with Gasteiger partial charge in [0.15, 0.2) is 0 Å². The molecule has 1 N–H and O–H groups in total. The van der Waals surface area contributed by atoms with Crippen LogP contribution < -0.4 is 5.32 Å². The Bertz CT molecular complexity index is 277. The van der Waals surface area contributed by atoms with E-state index >= 15 is 0 Å². The van der Waals surface area contributed by atoms with E-state index in [1.54, 1.807) is 7.11 Å². The van der Waals surface area contributed by atoms with Crippen molar-refractivity contribution in [2.75, 3.05) is 26.8 Å². The van der Waals surface area contributed by atoms with Crippen LogP contribution >= 0.6 is 0 Å². The number of rotatable bonds is 9. The van der Waals surface area contributed by atoms with Gasteiger partial charge in [-0.2, -0.15) is 0 Å². The van der Waals surface area contributed by atoms with E-state index in [1.165, 1.54) is 5.56 Å². The number of hydrogen-bond donors (Lipinski definition) is 1. The average Bonchev–Trinajstić information content (AvgIpc) is 2.38. The molecular weight excluding hydrogens is 214 g/mol. The smallest absolute Gasteiger partial charge is 0.0716 e. The Morgan fingerprint density at radius 2 is 2.00 bits per heavy atom. The first kappa shape index (κ1) is 14.2. The third-order valence-electron chi connectivity index (χ3n) is 2.59. The van der Waals surface area contributed by atoms with Crippen LogP contribution in [0.1, 0.15) is 18.9 Å². The molecule has 0 aliphatic carbocycles. The second-order valence-corrected chi connectivity index (χ2v) is 4.14. The van der Waals surface area contributed by atoms with Crippen molar-refractivity contribution >= 4 is 0 Å². The van der Waals surface area contributed by atoms with Crippen molar-refractivity contribution in [3.63, 3.8) is 0 Å². The summed E-state index contributed by atoms with van der Waals surface area (Å²) in [6, 6.07) is 10.3. The Balaban J connectivity index is 1.91. The van der Waals surface area contributed by atoms with Crippen LogP contribution in [0.3, 0.4) is 0 Å². The molecule has 1 rings (SSSR count). The molecule has 17 heavy (non-hydrogen) atoms. The molecule has 0 fully saturated rings. The number of nitrogens with one attached hydrogen (secondary N) is 1. The fraction of sp³-hybridized carbons (Fsp3) is 0.571. The Kier molecular flexibility index (Phi) is 7.63. The van der Waals surface area contributed by atoms with Gasteiger partial charge in [-0.3, -0.25) is 0 Å². The van der Waals surface area contributed by atoms with Gasteiger partial charge in [0.05, 0.1) is 12.7 Å². The Morgan fingerprint density at radius 3 is 2.71 bits per heavy atom. The van der Waals surface area contributed by atoms with Crippen molar-refractivity contribution in [3.8, 4) is 0 Å². The highest BCUT2D eigenvalue weighted by Crippen LogP contribution is 2.00. The van der Waals surface area contributed by atoms with Gasteiger partial charge in [-0.1, -0.05) is 30.3 Å². The van der Waals surface area contributed by atoms with Gasteiger partial charge in [-0.05, 0) is 25.5 Å². The first-order chi connectivity index (χ1) is 8.33. The van der Waals surface area contributed by atoms with Crippen LogP contribution in [0.4, 0.5) is 0 Å². The summed E-state index contributed by atoms with van der Waals surface area (Å²) in [6.07, 6.45) is 1.31. The van der Waals surface area contributed by atoms with Gasteiger partial charge in [0.25, 0.3) is 0 Å². The molecule has 0 spiro atoms. The van der Waals surface area contributed by atoms with E-state index in [-0.39, 0.29) is 6.10 Å². The predicted octanol–water partition coefficient (Wildman–Crippen LogP) is 2.22. The molecule has 3 heteroatoms. The van der Waals surface area contributed by atoms with Crippen LogP contribution in [0.5, 0.6) is 0 Å². The molecule has 0 amide bonds. The second kappa shape index (κ2) is 9.16. The van der Waals surface area contributed by atoms with Gasteiger partial charge < -0.3 is 14.8 Å². The molecule has 1 atom stereocenters. The third-order valence-corrected chi connectivity index (χ3v) is 2.59. The maximum Gasteiger partial charge on any atom is 0.0716 e. The molecule has 0 bridgehead atoms. The number of hydrogen-bond acceptors (Lipinski definition) is 3. The maximum atomic E-state index is 5.58. The van der Waals surface area contributed by atoms with Crippen LogP contribution in [-0.2, 0) is 16.1 Å². The third kappa shape index (κ3) is 7.10. The molecule has 0 aliphatic rings. The van der Waals surface area contributed by atoms with Crippen LogP contribution in [0.15, 0.2) is 30.3 Å². The van der Waals surface area contributed by atoms with Gasteiger partial charge in [0, 0.05) is 20.3 Å². The van der Waals surface area contributed by atoms with E-state index < -0.39 is 0 Å². The van der Waals surface area contributed by atoms with Gasteiger partial charge in [-0.25, -0.2) is 0 Å². The SMILES string of the molecule is COC(C)CNCCCOCc1ccccc1. The zero-order chi connectivity index (χ0) is 12.3. The van der Waals surface area contributed by atoms with Crippen molar-refractivity contribution in [1.29, 1.82) is 0 Å². The fourth-order valence-corrected chi connectivity index (χ4v) is 1.45. The normalized spacial score (nSPS) is 12.6. The van der Waals surface area contributed by atoms with Crippen molar-refractivity contribution in [2.45, 2.75) is 26.1 Å². The minimum Gasteiger partial charge on any atom is -0.380 e. The van der Waals surface area contributed by atoms with Crippen molar-refractivity contribution in [2.24, 2.45) is 0 Å². The first-order valence-corrected chi connectivity index (χ1v) is 6.18. The van der Waals surface area contributed by atoms with Crippen LogP contribution in [0, 0.1) is 0 Å². The molecule has 1 aromatic rings. The van der Waals surface area contributed by atoms with E-state index in [0.717, 1.165) is 26.1 Å². The zero-order valence-corrected chi connectivity index (χ0v) is 10.8. The molecular formula is C14H23NO2. The quantitative estimate of drug-likeness (QED) is 0.668. The number of ether oxygens (including phenoxy) is 2. The van der Waals surface area contributed by atoms with Crippen LogP contribution in [-0.4, -0.2) is 32.9 Å². The molecule has 1 unspecified atom stereocenters. The number of methoxy groups -OCH3 is 1. The molecule has 96 valence electrons. The molecule has 1 aromatic carbocycles. The molecule has 3 nitrogen and oxygen atoms in total. The summed E-state index contributed by atoms with van der Waals surface area (Å²) in [7, 11) is 1.73. The lowest BCUT2D eigenvalue weighted by molar-refractivity contribution is 0.108. The van der Waals surface area contributed by atoms with E-state index in [9.17, 15) is 0 Å². The summed E-state index contributed by atoms with van der Waals surface area (Å²) in [5.74, 6) is 0. The lowest BCUT2D eigenvalue weighted by atomic mass is 10.2. The molecule has 0 saturated heterocycles. The minimum absolute atomic E-state index is 0.278. The topological polar surface area (TPSA) is 30.5 Å². The van der Waals surface area contributed by atoms with E-state index in [1.807, 2.05) is 18.2 Å². The highest BCUT2D eigenvalue weighted by Gasteiger charge is 1.97. The first-order valence-electron chi connectivity index (χ1n) is 6.18. The van der Waals surface area contributed by atoms with Gasteiger partial charge in [0.1, 0.15) is 0 Å². The van der Waals surface area contributed by atoms with E-state index in [0.29, 0.717) is 6.61 Å². The lowest BCUT2D eigenvalue weighted by Gasteiger charge is -2.10. The molecule has 0 aromatic heterocycles. The lowest BCUT2D eigenvalue weighted by Crippen LogP contribution is -2.27. The average molecular weight is 237 g/mol. The molecule has 0 aliphatic heterocycles. The van der Waals surface area contributed by atoms with E-state index in [4.69, 9.17) is 9.47 Å². The van der Waals surface area contributed by atoms with Crippen LogP contribution in [0.2, 0.25) is 0 Å². The van der Waals surface area contributed by atoms with Crippen LogP contribution in [0.25, 0.3) is 0 Å². The van der Waals surface area contributed by atoms with Crippen molar-refractivity contribution in [1.82, 2.24) is 5.32 Å². The Morgan fingerprint density at radius 1 is 1.24 bits per heavy atom. The molecule has 0 heterocycles. The van der Waals surface area contributed by atoms with Gasteiger partial charge in [0.2, 0.25) is 0 Å². The number of benzene rings is 1. The standard InChI is InChI=1S/C14H23NO2/c1-13(16-2)11-15-9-6-10-17-12-14-7-4-3-5-8-14/h3-5,7-8,13,15H,6,9-12H2,1-2H3. The monoisotopic (exact) mass is 237 g/mol. The maximum absolute atomic E-state index is 5.58. The largest absolute Gasteiger partial charge is 0.380 e. The molecule has 0 saturated carbocycles. The van der Waals surface area contributed by atoms with Gasteiger partial charge >= 0.3 is 0 Å². The van der Waals surface area contributed by atoms with Crippen molar-refractivity contribution in [3.05, 3.63) is 35.9 Å². The highest BCUT2D eigenvalue weighted by atomic mass is 16.5. The summed E-state index contributed by atoms with van der Waals surface area (Å²) >= 11 is 0. The van der Waals surface area contributed by atoms with Crippen molar-refractivity contribution < 1.29 is 9.47 Å².